The minimum atomic E-state index is -4.21. The molecule has 1 saturated heterocycles. The third kappa shape index (κ3) is 8.79. The van der Waals surface area contributed by atoms with E-state index in [9.17, 15) is 37.5 Å². The molecule has 286 valence electrons. The van der Waals surface area contributed by atoms with Crippen LogP contribution in [0.3, 0.4) is 0 Å². The Bertz CT molecular complexity index is 2170. The van der Waals surface area contributed by atoms with Crippen LogP contribution in [0.2, 0.25) is 5.02 Å². The number of aliphatic hydroxyl groups is 1. The first-order valence-corrected chi connectivity index (χ1v) is 19.1. The molecule has 0 spiro atoms. The van der Waals surface area contributed by atoms with Gasteiger partial charge in [-0.3, -0.25) is 28.9 Å². The van der Waals surface area contributed by atoms with Gasteiger partial charge in [-0.25, -0.2) is 18.1 Å². The van der Waals surface area contributed by atoms with Gasteiger partial charge in [-0.2, -0.15) is 0 Å². The topological polar surface area (TPSA) is 231 Å². The lowest BCUT2D eigenvalue weighted by Gasteiger charge is -2.39. The van der Waals surface area contributed by atoms with E-state index in [0.29, 0.717) is 24.4 Å². The number of rotatable bonds is 13. The van der Waals surface area contributed by atoms with Crippen molar-refractivity contribution in [3.63, 3.8) is 0 Å². The first-order chi connectivity index (χ1) is 25.5. The molecule has 1 aromatic heterocycles. The predicted octanol–water partition coefficient (Wildman–Crippen LogP) is 3.32. The summed E-state index contributed by atoms with van der Waals surface area (Å²) in [6.45, 7) is 7.36. The molecule has 0 aliphatic carbocycles. The monoisotopic (exact) mass is 780 g/mol. The van der Waals surface area contributed by atoms with E-state index in [1.165, 1.54) is 66.7 Å². The molecule has 2 unspecified atom stereocenters. The van der Waals surface area contributed by atoms with Gasteiger partial charge < -0.3 is 25.9 Å². The minimum Gasteiger partial charge on any atom is -0.438 e. The number of imide groups is 1. The number of sulfonamides is 1. The van der Waals surface area contributed by atoms with Crippen molar-refractivity contribution >= 4 is 62.3 Å². The Balaban J connectivity index is 1.40. The maximum Gasteiger partial charge on any atom is 0.264 e. The highest BCUT2D eigenvalue weighted by molar-refractivity contribution is 7.90. The average Bonchev–Trinajstić information content (AvgIpc) is 3.82. The van der Waals surface area contributed by atoms with Crippen LogP contribution >= 0.6 is 11.6 Å². The van der Waals surface area contributed by atoms with Crippen LogP contribution in [0.4, 0.5) is 0 Å². The number of aromatic nitrogens is 1. The van der Waals surface area contributed by atoms with Crippen LogP contribution in [0.15, 0.2) is 76.0 Å². The van der Waals surface area contributed by atoms with Gasteiger partial charge in [0.05, 0.1) is 17.0 Å². The summed E-state index contributed by atoms with van der Waals surface area (Å²) in [6, 6.07) is 11.5. The molecule has 6 N–H and O–H groups in total. The molecule has 1 fully saturated rings. The van der Waals surface area contributed by atoms with Crippen LogP contribution in [0.25, 0.3) is 11.1 Å². The molecule has 1 aliphatic rings. The van der Waals surface area contributed by atoms with Crippen molar-refractivity contribution in [3.05, 3.63) is 94.3 Å². The fraction of sp³-hybridized carbons (Fsp3) is 0.351. The van der Waals surface area contributed by atoms with Crippen molar-refractivity contribution in [2.24, 2.45) is 17.6 Å². The van der Waals surface area contributed by atoms with E-state index in [0.717, 1.165) is 4.90 Å². The molecule has 3 aromatic carbocycles. The van der Waals surface area contributed by atoms with Gasteiger partial charge in [0, 0.05) is 21.7 Å². The van der Waals surface area contributed by atoms with E-state index in [4.69, 9.17) is 21.8 Å². The van der Waals surface area contributed by atoms with Gasteiger partial charge in [0.1, 0.15) is 11.6 Å². The number of hydrogen-bond acceptors (Lipinski definition) is 11. The molecule has 0 saturated carbocycles. The van der Waals surface area contributed by atoms with Gasteiger partial charge in [-0.15, -0.1) is 0 Å². The van der Waals surface area contributed by atoms with E-state index in [1.54, 1.807) is 27.7 Å². The number of oxazole rings is 1. The Morgan fingerprint density at radius 2 is 1.54 bits per heavy atom. The van der Waals surface area contributed by atoms with E-state index < -0.39 is 75.6 Å². The lowest BCUT2D eigenvalue weighted by Crippen LogP contribution is -2.61. The number of hydrogen-bond donors (Lipinski definition) is 5. The number of benzene rings is 3. The molecule has 17 heteroatoms. The molecule has 1 aliphatic heterocycles. The Morgan fingerprint density at radius 1 is 0.926 bits per heavy atom. The predicted molar refractivity (Wildman–Crippen MR) is 198 cm³/mol. The average molecular weight is 781 g/mol. The van der Waals surface area contributed by atoms with Gasteiger partial charge in [-0.05, 0) is 98.0 Å². The number of nitrogens with zero attached hydrogens (tertiary/aromatic N) is 2. The van der Waals surface area contributed by atoms with Gasteiger partial charge >= 0.3 is 0 Å². The second-order valence-corrected chi connectivity index (χ2v) is 15.8. The van der Waals surface area contributed by atoms with Crippen LogP contribution in [0.1, 0.15) is 83.6 Å². The maximum atomic E-state index is 14.6. The molecule has 54 heavy (non-hydrogen) atoms. The van der Waals surface area contributed by atoms with Crippen molar-refractivity contribution < 1.29 is 41.9 Å². The van der Waals surface area contributed by atoms with Crippen LogP contribution in [0.5, 0.6) is 0 Å². The molecule has 4 atom stereocenters. The van der Waals surface area contributed by atoms with E-state index in [1.807, 2.05) is 4.72 Å². The van der Waals surface area contributed by atoms with Crippen molar-refractivity contribution in [2.45, 2.75) is 69.7 Å². The number of nitrogens with one attached hydrogen (secondary N) is 3. The van der Waals surface area contributed by atoms with Gasteiger partial charge in [0.2, 0.25) is 17.7 Å². The lowest BCUT2D eigenvalue weighted by atomic mass is 9.92. The molecule has 15 nitrogen and oxygen atoms in total. The summed E-state index contributed by atoms with van der Waals surface area (Å²) in [6.07, 6.45) is -0.469. The van der Waals surface area contributed by atoms with Crippen LogP contribution in [-0.4, -0.2) is 77.6 Å². The van der Waals surface area contributed by atoms with E-state index >= 15 is 0 Å². The molecule has 5 rings (SSSR count). The van der Waals surface area contributed by atoms with Crippen molar-refractivity contribution in [1.29, 1.82) is 0 Å². The van der Waals surface area contributed by atoms with Crippen molar-refractivity contribution in [3.8, 4) is 0 Å². The van der Waals surface area contributed by atoms with E-state index in [-0.39, 0.29) is 38.6 Å². The summed E-state index contributed by atoms with van der Waals surface area (Å²) in [5.74, 6) is -4.96. The maximum absolute atomic E-state index is 14.6. The lowest BCUT2D eigenvalue weighted by molar-refractivity contribution is -0.156. The van der Waals surface area contributed by atoms with Crippen molar-refractivity contribution in [2.75, 3.05) is 6.54 Å². The van der Waals surface area contributed by atoms with Crippen LogP contribution < -0.4 is 21.1 Å². The standard InChI is InChI=1S/C37H41ClN6O9S/c1-19(2)29(42-33(47)21-7-9-22(10-8-21)34(48)43-54(51,52)25-14-12-24(38)13-15-25)37(50)44(36(49)26-6-5-17-40-26)30(20(3)4)31(45)35-41-27-18-23(32(39)46)11-16-28(27)53-35/h7-16,18-20,26,29-31,40,45H,5-6,17H2,1-4H3,(H2,39,46)(H,42,47)(H,43,48)/t26-,29-,30?,31?/m0/s1. The number of nitrogens with two attached hydrogens (primary N) is 1. The van der Waals surface area contributed by atoms with E-state index in [2.05, 4.69) is 15.6 Å². The highest BCUT2D eigenvalue weighted by Crippen LogP contribution is 2.31. The number of primary amides is 1. The molecular formula is C37H41ClN6O9S. The van der Waals surface area contributed by atoms with Gasteiger partial charge in [0.15, 0.2) is 11.7 Å². The second kappa shape index (κ2) is 16.5. The Hall–Kier alpha value is -5.16. The summed E-state index contributed by atoms with van der Waals surface area (Å²) in [4.78, 5) is 72.0. The SMILES string of the molecule is CC(C)C(C(O)c1nc2cc(C(N)=O)ccc2o1)N(C(=O)[C@@H]1CCCN1)C(=O)[C@@H](NC(=O)c1ccc(C(=O)NS(=O)(=O)c2ccc(Cl)cc2)cc1)C(C)C. The normalized spacial score (nSPS) is 16.2. The Kier molecular flexibility index (Phi) is 12.2. The number of fused-ring (bicyclic) bond motifs is 1. The van der Waals surface area contributed by atoms with Gasteiger partial charge in [-0.1, -0.05) is 39.3 Å². The smallest absolute Gasteiger partial charge is 0.264 e. The van der Waals surface area contributed by atoms with Gasteiger partial charge in [0.25, 0.3) is 27.7 Å². The molecule has 0 radical (unpaired) electrons. The molecule has 4 aromatic rings. The number of amides is 5. The highest BCUT2D eigenvalue weighted by Gasteiger charge is 2.45. The van der Waals surface area contributed by atoms with Crippen LogP contribution in [-0.2, 0) is 19.6 Å². The third-order valence-corrected chi connectivity index (χ3v) is 10.7. The van der Waals surface area contributed by atoms with Crippen LogP contribution in [0, 0.1) is 11.8 Å². The zero-order valence-corrected chi connectivity index (χ0v) is 31.5. The van der Waals surface area contributed by atoms with Crippen molar-refractivity contribution in [1.82, 2.24) is 25.2 Å². The Morgan fingerprint density at radius 3 is 2.09 bits per heavy atom. The highest BCUT2D eigenvalue weighted by atomic mass is 35.5. The summed E-state index contributed by atoms with van der Waals surface area (Å²) in [5.41, 5.74) is 6.06. The number of carbonyl (C=O) groups is 5. The number of carbonyl (C=O) groups excluding carboxylic acids is 5. The second-order valence-electron chi connectivity index (χ2n) is 13.6. The summed E-state index contributed by atoms with van der Waals surface area (Å²) in [5, 5.41) is 17.9. The molecular weight excluding hydrogens is 740 g/mol. The quantitative estimate of drug-likeness (QED) is 0.132. The zero-order valence-electron chi connectivity index (χ0n) is 29.9. The minimum absolute atomic E-state index is 0.0446. The Labute approximate surface area is 316 Å². The fourth-order valence-corrected chi connectivity index (χ4v) is 7.26. The summed E-state index contributed by atoms with van der Waals surface area (Å²) < 4.78 is 33.2. The first kappa shape index (κ1) is 40.0. The largest absolute Gasteiger partial charge is 0.438 e. The first-order valence-electron chi connectivity index (χ1n) is 17.2. The molecule has 0 bridgehead atoms. The number of halogens is 1. The third-order valence-electron chi connectivity index (χ3n) is 9.06. The zero-order chi connectivity index (χ0) is 39.5. The molecule has 5 amide bonds. The summed E-state index contributed by atoms with van der Waals surface area (Å²) >= 11 is 5.83. The molecule has 2 heterocycles. The summed E-state index contributed by atoms with van der Waals surface area (Å²) in [7, 11) is -4.21. The number of aliphatic hydroxyl groups excluding tert-OH is 1. The fourth-order valence-electron chi connectivity index (χ4n) is 6.16.